The number of aromatic nitrogens is 2. The molecule has 4 heterocycles. The lowest BCUT2D eigenvalue weighted by Crippen LogP contribution is -2.10. The fourth-order valence-corrected chi connectivity index (χ4v) is 13.8. The zero-order valence-corrected chi connectivity index (χ0v) is 42.2. The predicted molar refractivity (Wildman–Crippen MR) is 320 cm³/mol. The zero-order chi connectivity index (χ0) is 50.4. The van der Waals surface area contributed by atoms with Gasteiger partial charge in [0.25, 0.3) is 0 Å². The Labute approximate surface area is 444 Å². The van der Waals surface area contributed by atoms with Crippen molar-refractivity contribution in [1.29, 1.82) is 10.5 Å². The van der Waals surface area contributed by atoms with Crippen molar-refractivity contribution in [2.24, 2.45) is 0 Å². The number of benzene rings is 11. The Kier molecular flexibility index (Phi) is 9.95. The van der Waals surface area contributed by atoms with Crippen LogP contribution in [0, 0.1) is 22.7 Å². The van der Waals surface area contributed by atoms with E-state index in [1.54, 1.807) is 22.7 Å². The fourth-order valence-electron chi connectivity index (χ4n) is 11.6. The summed E-state index contributed by atoms with van der Waals surface area (Å²) in [6, 6.07) is 90.5. The molecule has 0 unspecified atom stereocenters. The number of fused-ring (bicyclic) bond motifs is 12. The highest BCUT2D eigenvalue weighted by Crippen LogP contribution is 2.47. The molecule has 354 valence electrons. The molecule has 0 spiro atoms. The molecule has 0 saturated heterocycles. The zero-order valence-electron chi connectivity index (χ0n) is 40.6. The highest BCUT2D eigenvalue weighted by Gasteiger charge is 2.25. The molecule has 8 heteroatoms. The largest absolute Gasteiger partial charge is 0.310 e. The molecule has 0 aliphatic rings. The SMILES string of the molecule is N#Cc1cc(-n2c3cc(N(c4ccccc4)c4ccccc4)ccc3c3cc4c(cc32)sc2ccccc24)c(C#N)cc1-n1c2cc(N(c3ccccc3)c3ccccc3)ccc2c2cc3c(cc21)sc1ccccc13. The molecule has 0 fully saturated rings. The molecule has 15 aromatic rings. The third-order valence-electron chi connectivity index (χ3n) is 14.9. The fraction of sp³-hybridized carbons (Fsp3) is 0. The summed E-state index contributed by atoms with van der Waals surface area (Å²) in [6.07, 6.45) is 0. The lowest BCUT2D eigenvalue weighted by Gasteiger charge is -2.26. The molecule has 0 amide bonds. The van der Waals surface area contributed by atoms with E-state index in [0.717, 1.165) is 87.1 Å². The van der Waals surface area contributed by atoms with Gasteiger partial charge in [-0.15, -0.1) is 22.7 Å². The van der Waals surface area contributed by atoms with E-state index in [4.69, 9.17) is 0 Å². The maximum absolute atomic E-state index is 11.6. The summed E-state index contributed by atoms with van der Waals surface area (Å²) in [7, 11) is 0. The molecule has 11 aromatic carbocycles. The van der Waals surface area contributed by atoms with Crippen molar-refractivity contribution in [2.45, 2.75) is 0 Å². The van der Waals surface area contributed by atoms with Crippen LogP contribution in [0.1, 0.15) is 11.1 Å². The van der Waals surface area contributed by atoms with Crippen LogP contribution >= 0.6 is 22.7 Å². The summed E-state index contributed by atoms with van der Waals surface area (Å²) in [4.78, 5) is 4.53. The molecule has 6 nitrogen and oxygen atoms in total. The van der Waals surface area contributed by atoms with E-state index in [9.17, 15) is 10.5 Å². The molecular formula is C68H40N6S2. The average Bonchev–Trinajstić information content (AvgIpc) is 4.21. The minimum absolute atomic E-state index is 0.446. The molecule has 0 aliphatic heterocycles. The smallest absolute Gasteiger partial charge is 0.101 e. The Morgan fingerprint density at radius 1 is 0.276 bits per heavy atom. The van der Waals surface area contributed by atoms with E-state index >= 15 is 0 Å². The summed E-state index contributed by atoms with van der Waals surface area (Å²) in [6.45, 7) is 0. The van der Waals surface area contributed by atoms with Crippen LogP contribution in [0.3, 0.4) is 0 Å². The van der Waals surface area contributed by atoms with Gasteiger partial charge in [0.1, 0.15) is 12.1 Å². The van der Waals surface area contributed by atoms with Gasteiger partial charge in [-0.3, -0.25) is 0 Å². The molecule has 0 bridgehead atoms. The summed E-state index contributed by atoms with van der Waals surface area (Å²) >= 11 is 3.54. The minimum atomic E-state index is 0.446. The van der Waals surface area contributed by atoms with E-state index < -0.39 is 0 Å². The van der Waals surface area contributed by atoms with Crippen LogP contribution in [-0.2, 0) is 0 Å². The number of hydrogen-bond acceptors (Lipinski definition) is 6. The van der Waals surface area contributed by atoms with E-state index in [1.807, 2.05) is 36.4 Å². The van der Waals surface area contributed by atoms with Gasteiger partial charge in [0.15, 0.2) is 0 Å². The third-order valence-corrected chi connectivity index (χ3v) is 17.2. The van der Waals surface area contributed by atoms with Gasteiger partial charge in [0.05, 0.1) is 44.6 Å². The van der Waals surface area contributed by atoms with Crippen molar-refractivity contribution >= 4 is 141 Å². The van der Waals surface area contributed by atoms with Crippen molar-refractivity contribution in [2.75, 3.05) is 9.80 Å². The molecule has 0 N–H and O–H groups in total. The van der Waals surface area contributed by atoms with E-state index in [-0.39, 0.29) is 0 Å². The van der Waals surface area contributed by atoms with E-state index in [2.05, 4.69) is 237 Å². The van der Waals surface area contributed by atoms with Gasteiger partial charge in [-0.25, -0.2) is 0 Å². The molecule has 0 aliphatic carbocycles. The van der Waals surface area contributed by atoms with Gasteiger partial charge in [-0.2, -0.15) is 10.5 Å². The Hall–Kier alpha value is -9.96. The highest BCUT2D eigenvalue weighted by atomic mass is 32.1. The van der Waals surface area contributed by atoms with Crippen LogP contribution < -0.4 is 9.80 Å². The van der Waals surface area contributed by atoms with E-state index in [0.29, 0.717) is 22.5 Å². The topological polar surface area (TPSA) is 63.9 Å². The summed E-state index contributed by atoms with van der Waals surface area (Å²) < 4.78 is 9.18. The van der Waals surface area contributed by atoms with Crippen LogP contribution in [0.25, 0.3) is 95.3 Å². The molecule has 0 atom stereocenters. The number of para-hydroxylation sites is 4. The van der Waals surface area contributed by atoms with Gasteiger partial charge >= 0.3 is 0 Å². The second kappa shape index (κ2) is 17.3. The number of thiophene rings is 2. The number of rotatable bonds is 8. The lowest BCUT2D eigenvalue weighted by molar-refractivity contribution is 1.12. The highest BCUT2D eigenvalue weighted by molar-refractivity contribution is 7.26. The average molecular weight is 1010 g/mol. The van der Waals surface area contributed by atoms with Crippen LogP contribution in [-0.4, -0.2) is 9.13 Å². The molecule has 76 heavy (non-hydrogen) atoms. The van der Waals surface area contributed by atoms with Crippen LogP contribution in [0.5, 0.6) is 0 Å². The number of anilines is 6. The first-order valence-electron chi connectivity index (χ1n) is 25.2. The van der Waals surface area contributed by atoms with Gasteiger partial charge in [-0.05, 0) is 121 Å². The van der Waals surface area contributed by atoms with Gasteiger partial charge < -0.3 is 18.9 Å². The van der Waals surface area contributed by atoms with Gasteiger partial charge in [0.2, 0.25) is 0 Å². The predicted octanol–water partition coefficient (Wildman–Crippen LogP) is 19.3. The number of hydrogen-bond donors (Lipinski definition) is 0. The Morgan fingerprint density at radius 3 is 0.987 bits per heavy atom. The maximum atomic E-state index is 11.6. The Bertz CT molecular complexity index is 4510. The first-order valence-corrected chi connectivity index (χ1v) is 26.8. The molecule has 4 aromatic heterocycles. The third kappa shape index (κ3) is 6.76. The lowest BCUT2D eigenvalue weighted by atomic mass is 10.1. The summed E-state index contributed by atoms with van der Waals surface area (Å²) in [5.74, 6) is 0. The van der Waals surface area contributed by atoms with Crippen molar-refractivity contribution in [3.05, 3.63) is 254 Å². The summed E-state index contributed by atoms with van der Waals surface area (Å²) in [5.41, 5.74) is 12.0. The number of nitrogens with zero attached hydrogens (tertiary/aromatic N) is 6. The normalized spacial score (nSPS) is 11.7. The van der Waals surface area contributed by atoms with Crippen LogP contribution in [0.4, 0.5) is 34.1 Å². The minimum Gasteiger partial charge on any atom is -0.310 e. The van der Waals surface area contributed by atoms with Crippen molar-refractivity contribution < 1.29 is 0 Å². The van der Waals surface area contributed by atoms with E-state index in [1.165, 1.54) is 30.9 Å². The molecule has 15 rings (SSSR count). The second-order valence-corrected chi connectivity index (χ2v) is 21.3. The first-order chi connectivity index (χ1) is 37.6. The first kappa shape index (κ1) is 43.6. The monoisotopic (exact) mass is 1000 g/mol. The molecular weight excluding hydrogens is 965 g/mol. The standard InChI is InChI=1S/C68H40N6S2/c69-41-43-34-60(74-62-36-50(72(47-21-9-3-10-22-47)48-23-11-4-12-24-48)30-32-52(62)56-38-58-54-26-14-16-28-66(54)76-68(58)40-64(56)74)44(42-70)33-59(43)73-61-35-49(71(45-17-5-1-6-18-45)46-19-7-2-8-20-46)29-31-51(61)55-37-57-53-25-13-15-27-65(53)75-67(57)39-63(55)73/h1-40H. The Morgan fingerprint density at radius 2 is 0.618 bits per heavy atom. The molecule has 0 saturated carbocycles. The van der Waals surface area contributed by atoms with Crippen molar-refractivity contribution in [3.8, 4) is 23.5 Å². The maximum Gasteiger partial charge on any atom is 0.101 e. The second-order valence-electron chi connectivity index (χ2n) is 19.1. The molecule has 0 radical (unpaired) electrons. The quantitative estimate of drug-likeness (QED) is 0.152. The van der Waals surface area contributed by atoms with Crippen LogP contribution in [0.15, 0.2) is 243 Å². The van der Waals surface area contributed by atoms with Gasteiger partial charge in [0, 0.05) is 96.0 Å². The number of nitriles is 2. The summed E-state index contributed by atoms with van der Waals surface area (Å²) in [5, 5.41) is 32.3. The van der Waals surface area contributed by atoms with Crippen molar-refractivity contribution in [1.82, 2.24) is 9.13 Å². The van der Waals surface area contributed by atoms with Crippen LogP contribution in [0.2, 0.25) is 0 Å². The van der Waals surface area contributed by atoms with Gasteiger partial charge in [-0.1, -0.05) is 121 Å². The van der Waals surface area contributed by atoms with Crippen molar-refractivity contribution in [3.63, 3.8) is 0 Å². The Balaban J connectivity index is 1.01.